The van der Waals surface area contributed by atoms with Gasteiger partial charge in [-0.05, 0) is 0 Å². The Morgan fingerprint density at radius 3 is 2.25 bits per heavy atom. The number of nitrogens with two attached hydrogens (primary N) is 1. The molecule has 0 fully saturated rings. The van der Waals surface area contributed by atoms with Gasteiger partial charge in [-0.1, -0.05) is 0 Å². The third-order valence-electron chi connectivity index (χ3n) is 0.658. The Labute approximate surface area is 52.4 Å². The summed E-state index contributed by atoms with van der Waals surface area (Å²) in [7, 11) is 0. The summed E-state index contributed by atoms with van der Waals surface area (Å²) in [4.78, 5) is 8.06. The monoisotopic (exact) mass is 127 g/mol. The van der Waals surface area contributed by atoms with Crippen LogP contribution in [0.5, 0.6) is 0 Å². The summed E-state index contributed by atoms with van der Waals surface area (Å²) in [6.45, 7) is 0. The molecule has 1 aromatic rings. The SMILES string of the molecule is Nc1ncc(S)cn1. The zero-order chi connectivity index (χ0) is 5.98. The lowest BCUT2D eigenvalue weighted by Crippen LogP contribution is -1.91. The second kappa shape index (κ2) is 2.00. The molecule has 0 saturated heterocycles. The molecular weight excluding hydrogens is 122 g/mol. The number of rotatable bonds is 0. The first-order valence-corrected chi connectivity index (χ1v) is 2.50. The van der Waals surface area contributed by atoms with Crippen LogP contribution in [-0.4, -0.2) is 9.97 Å². The number of hydrogen-bond donors (Lipinski definition) is 2. The molecule has 0 atom stereocenters. The highest BCUT2D eigenvalue weighted by Crippen LogP contribution is 1.99. The molecule has 0 aliphatic heterocycles. The van der Waals surface area contributed by atoms with E-state index in [1.54, 1.807) is 12.4 Å². The maximum absolute atomic E-state index is 5.17. The maximum Gasteiger partial charge on any atom is 0.219 e. The van der Waals surface area contributed by atoms with Crippen molar-refractivity contribution >= 4 is 18.6 Å². The maximum atomic E-state index is 5.17. The number of anilines is 1. The second-order valence-corrected chi connectivity index (χ2v) is 1.82. The Kier molecular flexibility index (Phi) is 1.34. The summed E-state index contributed by atoms with van der Waals surface area (Å²) < 4.78 is 0. The predicted molar refractivity (Wildman–Crippen MR) is 33.7 cm³/mol. The highest BCUT2D eigenvalue weighted by atomic mass is 32.1. The van der Waals surface area contributed by atoms with Crippen LogP contribution in [-0.2, 0) is 0 Å². The molecule has 42 valence electrons. The first-order valence-electron chi connectivity index (χ1n) is 2.05. The molecular formula is C4H5N3S. The third-order valence-corrected chi connectivity index (χ3v) is 0.889. The summed E-state index contributed by atoms with van der Waals surface area (Å²) in [6.07, 6.45) is 3.09. The van der Waals surface area contributed by atoms with Crippen molar-refractivity contribution in [3.8, 4) is 0 Å². The van der Waals surface area contributed by atoms with Crippen molar-refractivity contribution in [3.05, 3.63) is 12.4 Å². The Morgan fingerprint density at radius 2 is 1.88 bits per heavy atom. The molecule has 0 aliphatic rings. The van der Waals surface area contributed by atoms with Gasteiger partial charge in [-0.3, -0.25) is 0 Å². The zero-order valence-corrected chi connectivity index (χ0v) is 4.97. The predicted octanol–water partition coefficient (Wildman–Crippen LogP) is 0.348. The van der Waals surface area contributed by atoms with Crippen molar-refractivity contribution in [2.24, 2.45) is 0 Å². The van der Waals surface area contributed by atoms with Crippen molar-refractivity contribution in [1.29, 1.82) is 0 Å². The quantitative estimate of drug-likeness (QED) is 0.494. The topological polar surface area (TPSA) is 51.8 Å². The van der Waals surface area contributed by atoms with Gasteiger partial charge in [0.25, 0.3) is 0 Å². The van der Waals surface area contributed by atoms with Crippen molar-refractivity contribution in [1.82, 2.24) is 9.97 Å². The van der Waals surface area contributed by atoms with E-state index in [4.69, 9.17) is 5.73 Å². The van der Waals surface area contributed by atoms with E-state index in [2.05, 4.69) is 22.6 Å². The molecule has 1 rings (SSSR count). The van der Waals surface area contributed by atoms with Crippen LogP contribution in [0.2, 0.25) is 0 Å². The molecule has 8 heavy (non-hydrogen) atoms. The Hall–Kier alpha value is -0.770. The summed E-state index contributed by atoms with van der Waals surface area (Å²) in [5.41, 5.74) is 5.17. The van der Waals surface area contributed by atoms with Crippen LogP contribution in [0, 0.1) is 0 Å². The van der Waals surface area contributed by atoms with E-state index in [1.165, 1.54) is 0 Å². The Bertz CT molecular complexity index is 150. The van der Waals surface area contributed by atoms with E-state index >= 15 is 0 Å². The second-order valence-electron chi connectivity index (χ2n) is 1.30. The van der Waals surface area contributed by atoms with Crippen LogP contribution in [0.25, 0.3) is 0 Å². The van der Waals surface area contributed by atoms with Crippen molar-refractivity contribution in [2.75, 3.05) is 5.73 Å². The van der Waals surface area contributed by atoms with Gasteiger partial charge in [0, 0.05) is 17.3 Å². The molecule has 0 radical (unpaired) electrons. The van der Waals surface area contributed by atoms with E-state index in [1.807, 2.05) is 0 Å². The van der Waals surface area contributed by atoms with Gasteiger partial charge in [0.1, 0.15) is 0 Å². The number of aromatic nitrogens is 2. The lowest BCUT2D eigenvalue weighted by Gasteiger charge is -1.87. The largest absolute Gasteiger partial charge is 0.368 e. The average molecular weight is 127 g/mol. The number of nitrogens with zero attached hydrogens (tertiary/aromatic N) is 2. The summed E-state index contributed by atoms with van der Waals surface area (Å²) in [6, 6.07) is 0. The zero-order valence-electron chi connectivity index (χ0n) is 4.07. The van der Waals surface area contributed by atoms with Crippen molar-refractivity contribution in [2.45, 2.75) is 4.90 Å². The van der Waals surface area contributed by atoms with Gasteiger partial charge in [0.2, 0.25) is 5.95 Å². The van der Waals surface area contributed by atoms with Gasteiger partial charge in [0.15, 0.2) is 0 Å². The molecule has 3 nitrogen and oxygen atoms in total. The third kappa shape index (κ3) is 1.10. The minimum atomic E-state index is 0.280. The summed E-state index contributed by atoms with van der Waals surface area (Å²) in [5, 5.41) is 0. The lowest BCUT2D eigenvalue weighted by molar-refractivity contribution is 1.12. The molecule has 0 spiro atoms. The number of thiol groups is 1. The minimum absolute atomic E-state index is 0.280. The fourth-order valence-corrected chi connectivity index (χ4v) is 0.447. The molecule has 0 saturated carbocycles. The van der Waals surface area contributed by atoms with Crippen LogP contribution in [0.4, 0.5) is 5.95 Å². The molecule has 1 heterocycles. The molecule has 0 aliphatic carbocycles. The highest BCUT2D eigenvalue weighted by molar-refractivity contribution is 7.80. The lowest BCUT2D eigenvalue weighted by atomic mass is 10.7. The molecule has 1 aromatic heterocycles. The van der Waals surface area contributed by atoms with E-state index in [0.29, 0.717) is 0 Å². The first-order chi connectivity index (χ1) is 3.79. The van der Waals surface area contributed by atoms with Gasteiger partial charge in [-0.15, -0.1) is 12.6 Å². The minimum Gasteiger partial charge on any atom is -0.368 e. The van der Waals surface area contributed by atoms with Gasteiger partial charge >= 0.3 is 0 Å². The van der Waals surface area contributed by atoms with Crippen LogP contribution < -0.4 is 5.73 Å². The van der Waals surface area contributed by atoms with Gasteiger partial charge < -0.3 is 5.73 Å². The van der Waals surface area contributed by atoms with Gasteiger partial charge in [-0.25, -0.2) is 9.97 Å². The van der Waals surface area contributed by atoms with E-state index in [-0.39, 0.29) is 5.95 Å². The van der Waals surface area contributed by atoms with Crippen molar-refractivity contribution < 1.29 is 0 Å². The molecule has 2 N–H and O–H groups in total. The first kappa shape index (κ1) is 5.37. The number of nitrogen functional groups attached to an aromatic ring is 1. The smallest absolute Gasteiger partial charge is 0.219 e. The molecule has 0 bridgehead atoms. The normalized spacial score (nSPS) is 9.12. The molecule has 4 heteroatoms. The Balaban J connectivity index is 3.03. The molecule has 0 aromatic carbocycles. The summed E-state index contributed by atoms with van der Waals surface area (Å²) >= 11 is 3.95. The molecule has 0 unspecified atom stereocenters. The fraction of sp³-hybridized carbons (Fsp3) is 0. The van der Waals surface area contributed by atoms with Crippen molar-refractivity contribution in [3.63, 3.8) is 0 Å². The number of hydrogen-bond acceptors (Lipinski definition) is 4. The molecule has 0 amide bonds. The van der Waals surface area contributed by atoms with Crippen LogP contribution >= 0.6 is 12.6 Å². The Morgan fingerprint density at radius 1 is 1.38 bits per heavy atom. The fourth-order valence-electron chi connectivity index (χ4n) is 0.331. The van der Waals surface area contributed by atoms with E-state index < -0.39 is 0 Å². The van der Waals surface area contributed by atoms with Crippen LogP contribution in [0.15, 0.2) is 17.3 Å². The van der Waals surface area contributed by atoms with E-state index in [0.717, 1.165) is 4.90 Å². The van der Waals surface area contributed by atoms with Gasteiger partial charge in [0.05, 0.1) is 0 Å². The highest BCUT2D eigenvalue weighted by Gasteiger charge is 1.83. The average Bonchev–Trinajstić information content (AvgIpc) is 1.77. The summed E-state index contributed by atoms with van der Waals surface area (Å²) in [5.74, 6) is 0.280. The van der Waals surface area contributed by atoms with Gasteiger partial charge in [-0.2, -0.15) is 0 Å². The standard InChI is InChI=1S/C4H5N3S/c5-4-6-1-3(8)2-7-4/h1-2,8H,(H2,5,6,7). The van der Waals surface area contributed by atoms with E-state index in [9.17, 15) is 0 Å². The van der Waals surface area contributed by atoms with Crippen LogP contribution in [0.1, 0.15) is 0 Å². The van der Waals surface area contributed by atoms with Crippen LogP contribution in [0.3, 0.4) is 0 Å².